The van der Waals surface area contributed by atoms with Gasteiger partial charge in [-0.25, -0.2) is 0 Å². The quantitative estimate of drug-likeness (QED) is 0.774. The third kappa shape index (κ3) is 4.77. The fraction of sp³-hybridized carbons (Fsp3) is 0.933. The van der Waals surface area contributed by atoms with Crippen molar-refractivity contribution in [3.8, 4) is 0 Å². The molecule has 0 aromatic heterocycles. The molecule has 2 rings (SSSR count). The summed E-state index contributed by atoms with van der Waals surface area (Å²) < 4.78 is 5.99. The molecule has 2 atom stereocenters. The van der Waals surface area contributed by atoms with Crippen molar-refractivity contribution in [1.82, 2.24) is 10.6 Å². The van der Waals surface area contributed by atoms with E-state index in [1.165, 1.54) is 32.1 Å². The van der Waals surface area contributed by atoms with Crippen molar-refractivity contribution in [2.75, 3.05) is 13.1 Å². The van der Waals surface area contributed by atoms with Gasteiger partial charge in [-0.1, -0.05) is 26.2 Å². The minimum absolute atomic E-state index is 0.0711. The van der Waals surface area contributed by atoms with E-state index in [0.29, 0.717) is 12.1 Å². The van der Waals surface area contributed by atoms with Crippen LogP contribution in [0, 0.1) is 0 Å². The molecule has 0 bridgehead atoms. The Bertz CT molecular complexity index is 271. The van der Waals surface area contributed by atoms with Gasteiger partial charge in [0.25, 0.3) is 0 Å². The Hall–Kier alpha value is -0.610. The molecular formula is C15H28N2O2. The number of carbonyl (C=O) groups is 1. The molecule has 0 aromatic rings. The van der Waals surface area contributed by atoms with Gasteiger partial charge in [0.05, 0.1) is 6.10 Å². The SMILES string of the molecule is CCC(OC1CCCCC1)C(=O)NCC1CCCN1. The van der Waals surface area contributed by atoms with Gasteiger partial charge in [-0.05, 0) is 38.6 Å². The summed E-state index contributed by atoms with van der Waals surface area (Å²) in [5, 5.41) is 6.43. The highest BCUT2D eigenvalue weighted by Crippen LogP contribution is 2.22. The molecule has 4 nitrogen and oxygen atoms in total. The molecule has 1 aliphatic carbocycles. The number of carbonyl (C=O) groups excluding carboxylic acids is 1. The zero-order valence-electron chi connectivity index (χ0n) is 12.1. The number of hydrogen-bond donors (Lipinski definition) is 2. The number of rotatable bonds is 6. The zero-order valence-corrected chi connectivity index (χ0v) is 12.1. The Morgan fingerprint density at radius 2 is 2.05 bits per heavy atom. The first-order valence-electron chi connectivity index (χ1n) is 7.96. The summed E-state index contributed by atoms with van der Waals surface area (Å²) in [6.07, 6.45) is 9.23. The summed E-state index contributed by atoms with van der Waals surface area (Å²) in [5.41, 5.74) is 0. The molecule has 1 saturated heterocycles. The molecule has 0 spiro atoms. The smallest absolute Gasteiger partial charge is 0.249 e. The molecule has 19 heavy (non-hydrogen) atoms. The fourth-order valence-electron chi connectivity index (χ4n) is 3.05. The van der Waals surface area contributed by atoms with Crippen LogP contribution >= 0.6 is 0 Å². The van der Waals surface area contributed by atoms with Crippen molar-refractivity contribution in [3.63, 3.8) is 0 Å². The predicted molar refractivity (Wildman–Crippen MR) is 76.1 cm³/mol. The average Bonchev–Trinajstić information content (AvgIpc) is 2.96. The van der Waals surface area contributed by atoms with Gasteiger partial charge in [-0.15, -0.1) is 0 Å². The maximum atomic E-state index is 12.1. The molecule has 1 heterocycles. The molecule has 4 heteroatoms. The van der Waals surface area contributed by atoms with E-state index in [9.17, 15) is 4.79 Å². The minimum atomic E-state index is -0.260. The van der Waals surface area contributed by atoms with Gasteiger partial charge in [0.1, 0.15) is 6.10 Å². The van der Waals surface area contributed by atoms with Gasteiger partial charge >= 0.3 is 0 Å². The molecular weight excluding hydrogens is 240 g/mol. The van der Waals surface area contributed by atoms with Crippen LogP contribution in [0.15, 0.2) is 0 Å². The first-order valence-corrected chi connectivity index (χ1v) is 7.96. The van der Waals surface area contributed by atoms with E-state index in [2.05, 4.69) is 10.6 Å². The van der Waals surface area contributed by atoms with Crippen molar-refractivity contribution in [1.29, 1.82) is 0 Å². The highest BCUT2D eigenvalue weighted by Gasteiger charge is 2.24. The zero-order chi connectivity index (χ0) is 13.5. The molecule has 110 valence electrons. The first kappa shape index (κ1) is 14.8. The number of hydrogen-bond acceptors (Lipinski definition) is 3. The molecule has 1 saturated carbocycles. The topological polar surface area (TPSA) is 50.4 Å². The molecule has 1 amide bonds. The lowest BCUT2D eigenvalue weighted by Gasteiger charge is -2.26. The number of ether oxygens (including phenoxy) is 1. The highest BCUT2D eigenvalue weighted by molar-refractivity contribution is 5.80. The predicted octanol–water partition coefficient (Wildman–Crippen LogP) is 1.98. The van der Waals surface area contributed by atoms with Crippen molar-refractivity contribution in [2.45, 2.75) is 76.5 Å². The monoisotopic (exact) mass is 268 g/mol. The molecule has 2 N–H and O–H groups in total. The summed E-state index contributed by atoms with van der Waals surface area (Å²) in [5.74, 6) is 0.0711. The lowest BCUT2D eigenvalue weighted by atomic mass is 9.97. The average molecular weight is 268 g/mol. The summed E-state index contributed by atoms with van der Waals surface area (Å²) in [6.45, 7) is 3.85. The van der Waals surface area contributed by atoms with E-state index < -0.39 is 0 Å². The molecule has 1 aliphatic heterocycles. The Balaban J connectivity index is 1.70. The van der Waals surface area contributed by atoms with E-state index in [0.717, 1.165) is 32.4 Å². The van der Waals surface area contributed by atoms with Crippen LogP contribution in [0.25, 0.3) is 0 Å². The van der Waals surface area contributed by atoms with Gasteiger partial charge in [-0.2, -0.15) is 0 Å². The second-order valence-electron chi connectivity index (χ2n) is 5.83. The Morgan fingerprint density at radius 3 is 2.68 bits per heavy atom. The molecule has 0 radical (unpaired) electrons. The van der Waals surface area contributed by atoms with Crippen LogP contribution in [0.2, 0.25) is 0 Å². The van der Waals surface area contributed by atoms with E-state index in [-0.39, 0.29) is 12.0 Å². The van der Waals surface area contributed by atoms with Crippen LogP contribution in [0.3, 0.4) is 0 Å². The summed E-state index contributed by atoms with van der Waals surface area (Å²) >= 11 is 0. The van der Waals surface area contributed by atoms with E-state index in [1.54, 1.807) is 0 Å². The van der Waals surface area contributed by atoms with Crippen LogP contribution in [-0.2, 0) is 9.53 Å². The van der Waals surface area contributed by atoms with Gasteiger partial charge in [-0.3, -0.25) is 4.79 Å². The summed E-state index contributed by atoms with van der Waals surface area (Å²) in [6, 6.07) is 0.455. The van der Waals surface area contributed by atoms with Crippen LogP contribution in [0.4, 0.5) is 0 Å². The maximum Gasteiger partial charge on any atom is 0.249 e. The van der Waals surface area contributed by atoms with E-state index in [4.69, 9.17) is 4.74 Å². The molecule has 2 aliphatic rings. The summed E-state index contributed by atoms with van der Waals surface area (Å²) in [4.78, 5) is 12.1. The molecule has 2 fully saturated rings. The molecule has 0 aromatic carbocycles. The largest absolute Gasteiger partial charge is 0.365 e. The van der Waals surface area contributed by atoms with Crippen LogP contribution in [0.5, 0.6) is 0 Å². The van der Waals surface area contributed by atoms with Crippen molar-refractivity contribution < 1.29 is 9.53 Å². The van der Waals surface area contributed by atoms with Crippen LogP contribution in [0.1, 0.15) is 58.3 Å². The van der Waals surface area contributed by atoms with Crippen LogP contribution in [-0.4, -0.2) is 37.2 Å². The van der Waals surface area contributed by atoms with Crippen molar-refractivity contribution in [3.05, 3.63) is 0 Å². The maximum absolute atomic E-state index is 12.1. The highest BCUT2D eigenvalue weighted by atomic mass is 16.5. The summed E-state index contributed by atoms with van der Waals surface area (Å²) in [7, 11) is 0. The van der Waals surface area contributed by atoms with Crippen molar-refractivity contribution in [2.24, 2.45) is 0 Å². The molecule has 2 unspecified atom stereocenters. The lowest BCUT2D eigenvalue weighted by Crippen LogP contribution is -2.43. The Kier molecular flexibility index (Phi) is 6.11. The Labute approximate surface area is 116 Å². The second kappa shape index (κ2) is 7.85. The van der Waals surface area contributed by atoms with E-state index >= 15 is 0 Å². The number of nitrogens with one attached hydrogen (secondary N) is 2. The Morgan fingerprint density at radius 1 is 1.26 bits per heavy atom. The van der Waals surface area contributed by atoms with E-state index in [1.807, 2.05) is 6.92 Å². The van der Waals surface area contributed by atoms with Crippen molar-refractivity contribution >= 4 is 5.91 Å². The normalized spacial score (nSPS) is 26.3. The van der Waals surface area contributed by atoms with Crippen LogP contribution < -0.4 is 10.6 Å². The lowest BCUT2D eigenvalue weighted by molar-refractivity contribution is -0.138. The third-order valence-electron chi connectivity index (χ3n) is 4.26. The third-order valence-corrected chi connectivity index (χ3v) is 4.26. The number of amides is 1. The second-order valence-corrected chi connectivity index (χ2v) is 5.83. The van der Waals surface area contributed by atoms with Gasteiger partial charge < -0.3 is 15.4 Å². The standard InChI is InChI=1S/C15H28N2O2/c1-2-14(19-13-8-4-3-5-9-13)15(18)17-11-12-7-6-10-16-12/h12-14,16H,2-11H2,1H3,(H,17,18). The minimum Gasteiger partial charge on any atom is -0.365 e. The van der Waals surface area contributed by atoms with Gasteiger partial charge in [0.15, 0.2) is 0 Å². The first-order chi connectivity index (χ1) is 9.29. The van der Waals surface area contributed by atoms with Gasteiger partial charge in [0, 0.05) is 12.6 Å². The fourth-order valence-corrected chi connectivity index (χ4v) is 3.05. The van der Waals surface area contributed by atoms with Gasteiger partial charge in [0.2, 0.25) is 5.91 Å².